The van der Waals surface area contributed by atoms with E-state index in [2.05, 4.69) is 15.4 Å². The van der Waals surface area contributed by atoms with Gasteiger partial charge in [0.25, 0.3) is 0 Å². The lowest BCUT2D eigenvalue weighted by molar-refractivity contribution is -0.415. The van der Waals surface area contributed by atoms with E-state index in [0.717, 1.165) is 0 Å². The van der Waals surface area contributed by atoms with Gasteiger partial charge in [0.1, 0.15) is 6.61 Å². The Morgan fingerprint density at radius 3 is 1.63 bits per heavy atom. The Morgan fingerprint density at radius 1 is 0.815 bits per heavy atom. The van der Waals surface area contributed by atoms with Gasteiger partial charge >= 0.3 is 36.0 Å². The summed E-state index contributed by atoms with van der Waals surface area (Å²) in [4.78, 5) is 0. The van der Waals surface area contributed by atoms with Crippen LogP contribution in [-0.4, -0.2) is 63.4 Å². The van der Waals surface area contributed by atoms with Gasteiger partial charge in [-0.05, 0) is 6.42 Å². The number of ether oxygens (including phenoxy) is 1. The lowest BCUT2D eigenvalue weighted by Crippen LogP contribution is -2.69. The van der Waals surface area contributed by atoms with E-state index in [9.17, 15) is 61.1 Å². The zero-order valence-electron chi connectivity index (χ0n) is 12.5. The predicted octanol–water partition coefficient (Wildman–Crippen LogP) is 4.40. The van der Waals surface area contributed by atoms with Gasteiger partial charge in [-0.2, -0.15) is 43.9 Å². The normalized spacial score (nSPS) is 15.5. The van der Waals surface area contributed by atoms with Gasteiger partial charge in [0.2, 0.25) is 9.05 Å². The molecule has 0 atom stereocenters. The average molecular weight is 473 g/mol. The van der Waals surface area contributed by atoms with E-state index in [1.165, 1.54) is 0 Å². The smallest absolute Gasteiger partial charge is 0.375 e. The molecule has 0 amide bonds. The van der Waals surface area contributed by atoms with Crippen LogP contribution in [0.5, 0.6) is 0 Å². The number of halogens is 13. The molecule has 0 heterocycles. The molecule has 0 N–H and O–H groups in total. The van der Waals surface area contributed by atoms with Crippen LogP contribution in [0.1, 0.15) is 6.42 Å². The topological polar surface area (TPSA) is 43.4 Å². The van der Waals surface area contributed by atoms with Gasteiger partial charge in [0, 0.05) is 17.3 Å². The maximum atomic E-state index is 13.2. The molecule has 0 rings (SSSR count). The molecule has 0 saturated heterocycles. The van der Waals surface area contributed by atoms with Crippen molar-refractivity contribution in [3.05, 3.63) is 0 Å². The minimum atomic E-state index is -7.62. The summed E-state index contributed by atoms with van der Waals surface area (Å²) >= 11 is 0. The van der Waals surface area contributed by atoms with E-state index in [-0.39, 0.29) is 0 Å². The largest absolute Gasteiger partial charge is 0.384 e. The predicted molar refractivity (Wildman–Crippen MR) is 65.8 cm³/mol. The maximum absolute atomic E-state index is 13.2. The Bertz CT molecular complexity index is 607. The van der Waals surface area contributed by atoms with Crippen molar-refractivity contribution >= 4 is 19.7 Å². The third-order valence-corrected chi connectivity index (χ3v) is 4.14. The van der Waals surface area contributed by atoms with E-state index in [1.807, 2.05) is 0 Å². The third-order valence-electron chi connectivity index (χ3n) is 2.90. The summed E-state index contributed by atoms with van der Waals surface area (Å²) < 4.78 is 178. The first-order valence-corrected chi connectivity index (χ1v) is 8.80. The minimum absolute atomic E-state index is 0.705. The van der Waals surface area contributed by atoms with Crippen LogP contribution in [0, 0.1) is 0 Å². The molecule has 0 fully saturated rings. The summed E-state index contributed by atoms with van der Waals surface area (Å²) in [6.45, 7) is -3.85. The molecule has 0 unspecified atom stereocenters. The van der Waals surface area contributed by atoms with Crippen molar-refractivity contribution in [1.82, 2.24) is 0 Å². The molecule has 164 valence electrons. The molecule has 0 saturated carbocycles. The average Bonchev–Trinajstić information content (AvgIpc) is 2.44. The maximum Gasteiger partial charge on any atom is 0.384 e. The SMILES string of the molecule is O=S(=O)(Cl)CCCOCC(F)(F)C(F)(F)C(F)(F)C(F)(F)C(F)(F)C(F)F. The van der Waals surface area contributed by atoms with Gasteiger partial charge in [0.15, 0.2) is 0 Å². The summed E-state index contributed by atoms with van der Waals surface area (Å²) in [5.74, 6) is -36.6. The lowest BCUT2D eigenvalue weighted by atomic mass is 9.94. The Labute approximate surface area is 148 Å². The summed E-state index contributed by atoms with van der Waals surface area (Å²) in [7, 11) is 0.534. The summed E-state index contributed by atoms with van der Waals surface area (Å²) in [6, 6.07) is 0. The highest BCUT2D eigenvalue weighted by Crippen LogP contribution is 2.58. The van der Waals surface area contributed by atoms with Crippen LogP contribution < -0.4 is 0 Å². The fourth-order valence-corrected chi connectivity index (χ4v) is 2.19. The Morgan fingerprint density at radius 2 is 1.26 bits per heavy atom. The Hall–Kier alpha value is -0.640. The van der Waals surface area contributed by atoms with Crippen molar-refractivity contribution in [3.63, 3.8) is 0 Å². The van der Waals surface area contributed by atoms with Crippen molar-refractivity contribution in [2.24, 2.45) is 0 Å². The van der Waals surface area contributed by atoms with Gasteiger partial charge < -0.3 is 4.74 Å². The van der Waals surface area contributed by atoms with Crippen LogP contribution in [0.4, 0.5) is 52.7 Å². The second-order valence-electron chi connectivity index (χ2n) is 5.00. The van der Waals surface area contributed by atoms with E-state index < -0.39 is 70.5 Å². The number of hydrogen-bond donors (Lipinski definition) is 0. The van der Waals surface area contributed by atoms with Crippen molar-refractivity contribution < 1.29 is 65.8 Å². The van der Waals surface area contributed by atoms with Gasteiger partial charge in [-0.3, -0.25) is 0 Å². The Kier molecular flexibility index (Phi) is 7.81. The highest BCUT2D eigenvalue weighted by molar-refractivity contribution is 8.13. The summed E-state index contributed by atoms with van der Waals surface area (Å²) in [5, 5.41) is 0. The molecule has 0 aromatic carbocycles. The first-order valence-electron chi connectivity index (χ1n) is 6.32. The van der Waals surface area contributed by atoms with E-state index >= 15 is 0 Å². The highest BCUT2D eigenvalue weighted by atomic mass is 35.7. The number of hydrogen-bond acceptors (Lipinski definition) is 3. The van der Waals surface area contributed by atoms with E-state index in [4.69, 9.17) is 0 Å². The molecule has 0 aliphatic rings. The number of rotatable bonds is 11. The van der Waals surface area contributed by atoms with Crippen LogP contribution in [0.2, 0.25) is 0 Å². The lowest BCUT2D eigenvalue weighted by Gasteiger charge is -2.39. The molecular weight excluding hydrogens is 464 g/mol. The third kappa shape index (κ3) is 5.25. The van der Waals surface area contributed by atoms with E-state index in [1.54, 1.807) is 0 Å². The Balaban J connectivity index is 5.43. The fourth-order valence-electron chi connectivity index (χ4n) is 1.40. The van der Waals surface area contributed by atoms with Crippen LogP contribution in [0.3, 0.4) is 0 Å². The zero-order valence-corrected chi connectivity index (χ0v) is 14.0. The standard InChI is InChI=1S/C10H9ClF12O3S/c11-27(24,25)3-1-2-26-4-6(14,15)8(18,19)10(22,23)9(20,21)7(16,17)5(12)13/h5H,1-4H2. The van der Waals surface area contributed by atoms with Crippen molar-refractivity contribution in [3.8, 4) is 0 Å². The molecule has 3 nitrogen and oxygen atoms in total. The van der Waals surface area contributed by atoms with E-state index in [0.29, 0.717) is 0 Å². The van der Waals surface area contributed by atoms with Crippen LogP contribution in [0.25, 0.3) is 0 Å². The highest BCUT2D eigenvalue weighted by Gasteiger charge is 2.87. The second kappa shape index (κ2) is 8.00. The number of alkyl halides is 12. The summed E-state index contributed by atoms with van der Waals surface area (Å²) in [5.41, 5.74) is 0. The molecule has 0 aliphatic heterocycles. The molecule has 0 aromatic rings. The fraction of sp³-hybridized carbons (Fsp3) is 1.00. The molecule has 0 bridgehead atoms. The molecule has 0 spiro atoms. The quantitative estimate of drug-likeness (QED) is 0.254. The molecule has 0 aromatic heterocycles. The van der Waals surface area contributed by atoms with Crippen LogP contribution in [-0.2, 0) is 13.8 Å². The van der Waals surface area contributed by atoms with Crippen LogP contribution >= 0.6 is 10.7 Å². The van der Waals surface area contributed by atoms with Gasteiger partial charge in [-0.15, -0.1) is 0 Å². The minimum Gasteiger partial charge on any atom is -0.375 e. The molecule has 27 heavy (non-hydrogen) atoms. The van der Waals surface area contributed by atoms with Crippen LogP contribution in [0.15, 0.2) is 0 Å². The van der Waals surface area contributed by atoms with Crippen molar-refractivity contribution in [1.29, 1.82) is 0 Å². The summed E-state index contributed by atoms with van der Waals surface area (Å²) in [6.07, 6.45) is -6.28. The molecule has 17 heteroatoms. The van der Waals surface area contributed by atoms with Gasteiger partial charge in [0.05, 0.1) is 5.75 Å². The first kappa shape index (κ1) is 26.4. The van der Waals surface area contributed by atoms with Crippen molar-refractivity contribution in [2.75, 3.05) is 19.0 Å². The molecular formula is C10H9ClF12O3S. The van der Waals surface area contributed by atoms with Gasteiger partial charge in [-0.1, -0.05) is 0 Å². The molecule has 0 aliphatic carbocycles. The monoisotopic (exact) mass is 472 g/mol. The second-order valence-corrected chi connectivity index (χ2v) is 7.90. The zero-order chi connectivity index (χ0) is 22.1. The molecule has 0 radical (unpaired) electrons. The van der Waals surface area contributed by atoms with Gasteiger partial charge in [-0.25, -0.2) is 17.2 Å². The van der Waals surface area contributed by atoms with Crippen molar-refractivity contribution in [2.45, 2.75) is 42.5 Å². The first-order chi connectivity index (χ1) is 11.7.